The van der Waals surface area contributed by atoms with Gasteiger partial charge in [-0.2, -0.15) is 10.1 Å². The standard InChI is InChI=1S/C10H8ClN7OS/c11-8-13-6-5(3-12-15-6)7(14-8)20-10-17-16-9(19)18(10)4-1-2-4/h3-4H,1-2H2,(H,16,19)(H,12,13,14,15). The summed E-state index contributed by atoms with van der Waals surface area (Å²) in [6, 6.07) is 0.237. The molecule has 0 aromatic carbocycles. The minimum Gasteiger partial charge on any atom is -0.267 e. The Labute approximate surface area is 121 Å². The molecule has 0 amide bonds. The van der Waals surface area contributed by atoms with E-state index in [0.29, 0.717) is 15.8 Å². The van der Waals surface area contributed by atoms with Gasteiger partial charge in [0.25, 0.3) is 0 Å². The lowest BCUT2D eigenvalue weighted by molar-refractivity contribution is 0.642. The van der Waals surface area contributed by atoms with Gasteiger partial charge < -0.3 is 0 Å². The van der Waals surface area contributed by atoms with Crippen LogP contribution < -0.4 is 5.69 Å². The van der Waals surface area contributed by atoms with Crippen molar-refractivity contribution >= 4 is 34.4 Å². The summed E-state index contributed by atoms with van der Waals surface area (Å²) in [7, 11) is 0. The number of hydrogen-bond donors (Lipinski definition) is 2. The van der Waals surface area contributed by atoms with Gasteiger partial charge in [0.1, 0.15) is 5.03 Å². The number of aromatic nitrogens is 7. The Bertz CT molecular complexity index is 849. The van der Waals surface area contributed by atoms with E-state index in [0.717, 1.165) is 18.2 Å². The molecule has 0 spiro atoms. The van der Waals surface area contributed by atoms with Crippen molar-refractivity contribution in [2.75, 3.05) is 0 Å². The monoisotopic (exact) mass is 309 g/mol. The predicted molar refractivity (Wildman–Crippen MR) is 71.9 cm³/mol. The lowest BCUT2D eigenvalue weighted by Crippen LogP contribution is -2.16. The molecule has 102 valence electrons. The van der Waals surface area contributed by atoms with Crippen molar-refractivity contribution in [2.45, 2.75) is 29.1 Å². The van der Waals surface area contributed by atoms with Gasteiger partial charge in [0.15, 0.2) is 10.8 Å². The number of halogens is 1. The van der Waals surface area contributed by atoms with E-state index in [4.69, 9.17) is 11.6 Å². The van der Waals surface area contributed by atoms with Crippen LogP contribution in [-0.4, -0.2) is 34.9 Å². The Kier molecular flexibility index (Phi) is 2.57. The van der Waals surface area contributed by atoms with Crippen LogP contribution in [0.3, 0.4) is 0 Å². The van der Waals surface area contributed by atoms with E-state index in [2.05, 4.69) is 30.4 Å². The van der Waals surface area contributed by atoms with Crippen molar-refractivity contribution < 1.29 is 0 Å². The van der Waals surface area contributed by atoms with Crippen LogP contribution in [0.5, 0.6) is 0 Å². The highest BCUT2D eigenvalue weighted by molar-refractivity contribution is 7.99. The summed E-state index contributed by atoms with van der Waals surface area (Å²) in [5, 5.41) is 15.3. The predicted octanol–water partition coefficient (Wildman–Crippen LogP) is 1.38. The number of rotatable bonds is 3. The largest absolute Gasteiger partial charge is 0.344 e. The van der Waals surface area contributed by atoms with Crippen LogP contribution in [0, 0.1) is 0 Å². The first-order valence-electron chi connectivity index (χ1n) is 5.94. The van der Waals surface area contributed by atoms with Crippen molar-refractivity contribution in [1.29, 1.82) is 0 Å². The van der Waals surface area contributed by atoms with Gasteiger partial charge >= 0.3 is 5.69 Å². The van der Waals surface area contributed by atoms with E-state index in [9.17, 15) is 4.79 Å². The second-order valence-electron chi connectivity index (χ2n) is 4.44. The molecule has 0 bridgehead atoms. The molecule has 0 aliphatic heterocycles. The number of aromatic amines is 2. The van der Waals surface area contributed by atoms with E-state index in [1.54, 1.807) is 10.8 Å². The van der Waals surface area contributed by atoms with Gasteiger partial charge in [0.05, 0.1) is 11.6 Å². The zero-order chi connectivity index (χ0) is 13.7. The van der Waals surface area contributed by atoms with Gasteiger partial charge in [-0.1, -0.05) is 0 Å². The van der Waals surface area contributed by atoms with Crippen molar-refractivity contribution in [1.82, 2.24) is 34.9 Å². The van der Waals surface area contributed by atoms with Crippen molar-refractivity contribution in [2.24, 2.45) is 0 Å². The van der Waals surface area contributed by atoms with Crippen LogP contribution in [0.15, 0.2) is 21.2 Å². The van der Waals surface area contributed by atoms with E-state index in [1.807, 2.05) is 0 Å². The highest BCUT2D eigenvalue weighted by Crippen LogP contribution is 2.38. The second kappa shape index (κ2) is 4.32. The van der Waals surface area contributed by atoms with E-state index in [-0.39, 0.29) is 17.0 Å². The molecule has 1 aliphatic carbocycles. The summed E-state index contributed by atoms with van der Waals surface area (Å²) >= 11 is 7.16. The zero-order valence-electron chi connectivity index (χ0n) is 10.00. The molecule has 10 heteroatoms. The van der Waals surface area contributed by atoms with E-state index in [1.165, 1.54) is 11.8 Å². The maximum absolute atomic E-state index is 11.7. The molecule has 0 radical (unpaired) electrons. The average Bonchev–Trinajstić information content (AvgIpc) is 3.01. The number of hydrogen-bond acceptors (Lipinski definition) is 6. The molecule has 4 rings (SSSR count). The van der Waals surface area contributed by atoms with E-state index >= 15 is 0 Å². The molecular weight excluding hydrogens is 302 g/mol. The van der Waals surface area contributed by atoms with Crippen LogP contribution in [0.1, 0.15) is 18.9 Å². The number of nitrogens with one attached hydrogen (secondary N) is 2. The molecular formula is C10H8ClN7OS. The van der Waals surface area contributed by atoms with Gasteiger partial charge in [0, 0.05) is 6.04 Å². The molecule has 0 atom stereocenters. The summed E-state index contributed by atoms with van der Waals surface area (Å²) in [6.07, 6.45) is 3.62. The molecule has 8 nitrogen and oxygen atoms in total. The molecule has 2 N–H and O–H groups in total. The van der Waals surface area contributed by atoms with Gasteiger partial charge in [-0.25, -0.2) is 14.9 Å². The third-order valence-corrected chi connectivity index (χ3v) is 4.16. The molecule has 1 saturated carbocycles. The summed E-state index contributed by atoms with van der Waals surface area (Å²) in [4.78, 5) is 20.0. The number of fused-ring (bicyclic) bond motifs is 1. The van der Waals surface area contributed by atoms with Gasteiger partial charge in [-0.15, -0.1) is 5.10 Å². The highest BCUT2D eigenvalue weighted by atomic mass is 35.5. The SMILES string of the molecule is O=c1[nH]nc(Sc2nc(Cl)nc3[nH]ncc23)n1C1CC1. The molecule has 1 aliphatic rings. The number of nitrogens with zero attached hydrogens (tertiary/aromatic N) is 5. The first-order valence-corrected chi connectivity index (χ1v) is 7.13. The zero-order valence-corrected chi connectivity index (χ0v) is 11.6. The third kappa shape index (κ3) is 1.90. The first-order chi connectivity index (χ1) is 9.72. The topological polar surface area (TPSA) is 105 Å². The quantitative estimate of drug-likeness (QED) is 0.559. The fraction of sp³-hybridized carbons (Fsp3) is 0.300. The fourth-order valence-electron chi connectivity index (χ4n) is 1.96. The Morgan fingerprint density at radius 2 is 2.20 bits per heavy atom. The Morgan fingerprint density at radius 1 is 1.35 bits per heavy atom. The van der Waals surface area contributed by atoms with Crippen LogP contribution in [0.2, 0.25) is 5.28 Å². The summed E-state index contributed by atoms with van der Waals surface area (Å²) in [5.74, 6) is 0. The van der Waals surface area contributed by atoms with Crippen LogP contribution in [0.4, 0.5) is 0 Å². The van der Waals surface area contributed by atoms with Crippen molar-refractivity contribution in [3.63, 3.8) is 0 Å². The van der Waals surface area contributed by atoms with Crippen molar-refractivity contribution in [3.8, 4) is 0 Å². The smallest absolute Gasteiger partial charge is 0.267 e. The molecule has 3 heterocycles. The average molecular weight is 310 g/mol. The Morgan fingerprint density at radius 3 is 3.00 bits per heavy atom. The van der Waals surface area contributed by atoms with Crippen molar-refractivity contribution in [3.05, 3.63) is 22.0 Å². The molecule has 1 fully saturated rings. The van der Waals surface area contributed by atoms with Gasteiger partial charge in [-0.3, -0.25) is 9.67 Å². The second-order valence-corrected chi connectivity index (χ2v) is 5.74. The highest BCUT2D eigenvalue weighted by Gasteiger charge is 2.29. The van der Waals surface area contributed by atoms with Crippen LogP contribution in [0.25, 0.3) is 11.0 Å². The van der Waals surface area contributed by atoms with Crippen LogP contribution in [-0.2, 0) is 0 Å². The molecule has 0 unspecified atom stereocenters. The van der Waals surface area contributed by atoms with Gasteiger partial charge in [-0.05, 0) is 36.2 Å². The first kappa shape index (κ1) is 11.9. The molecule has 0 saturated heterocycles. The lowest BCUT2D eigenvalue weighted by atomic mass is 10.4. The summed E-state index contributed by atoms with van der Waals surface area (Å²) in [6.45, 7) is 0. The fourth-order valence-corrected chi connectivity index (χ4v) is 3.17. The molecule has 20 heavy (non-hydrogen) atoms. The minimum absolute atomic E-state index is 0.125. The summed E-state index contributed by atoms with van der Waals surface area (Å²) in [5.41, 5.74) is 0.363. The minimum atomic E-state index is -0.196. The van der Waals surface area contributed by atoms with Gasteiger partial charge in [0.2, 0.25) is 5.28 Å². The molecule has 3 aromatic rings. The third-order valence-electron chi connectivity index (χ3n) is 3.02. The Hall–Kier alpha value is -1.87. The number of H-pyrrole nitrogens is 2. The maximum atomic E-state index is 11.7. The lowest BCUT2D eigenvalue weighted by Gasteiger charge is -2.03. The Balaban J connectivity index is 1.81. The summed E-state index contributed by atoms with van der Waals surface area (Å²) < 4.78 is 1.66. The molecule has 3 aromatic heterocycles. The van der Waals surface area contributed by atoms with Crippen LogP contribution >= 0.6 is 23.4 Å². The van der Waals surface area contributed by atoms with E-state index < -0.39 is 0 Å². The maximum Gasteiger partial charge on any atom is 0.344 e. The normalized spacial score (nSPS) is 15.1.